The van der Waals surface area contributed by atoms with Crippen molar-refractivity contribution in [2.75, 3.05) is 25.5 Å². The van der Waals surface area contributed by atoms with Crippen LogP contribution in [0.5, 0.6) is 0 Å². The van der Waals surface area contributed by atoms with Gasteiger partial charge in [-0.05, 0) is 24.3 Å². The van der Waals surface area contributed by atoms with Crippen molar-refractivity contribution in [3.05, 3.63) is 29.3 Å². The van der Waals surface area contributed by atoms with Crippen LogP contribution in [0.1, 0.15) is 12.8 Å². The molecule has 0 spiro atoms. The average Bonchev–Trinajstić information content (AvgIpc) is 2.48. The molecule has 1 heterocycles. The van der Waals surface area contributed by atoms with E-state index in [-0.39, 0.29) is 0 Å². The van der Waals surface area contributed by atoms with Crippen molar-refractivity contribution < 1.29 is 14.5 Å². The number of rotatable bonds is 2. The molecule has 1 aromatic carbocycles. The molecule has 2 rings (SSSR count). The zero-order chi connectivity index (χ0) is 15.2. The van der Waals surface area contributed by atoms with E-state index in [9.17, 15) is 9.59 Å². The van der Waals surface area contributed by atoms with Crippen LogP contribution >= 0.6 is 11.6 Å². The maximum absolute atomic E-state index is 11.7. The van der Waals surface area contributed by atoms with E-state index in [1.807, 2.05) is 0 Å². The number of nitrogens with zero attached hydrogens (tertiary/aromatic N) is 1. The third kappa shape index (κ3) is 4.84. The van der Waals surface area contributed by atoms with Crippen LogP contribution in [-0.2, 0) is 9.59 Å². The number of carbonyl (C=O) groups excluding carboxylic acids is 2. The van der Waals surface area contributed by atoms with Crippen molar-refractivity contribution in [1.29, 1.82) is 0 Å². The molecule has 0 saturated carbocycles. The molecular weight excluding hydrogens is 292 g/mol. The van der Waals surface area contributed by atoms with Gasteiger partial charge < -0.3 is 10.2 Å². The second-order valence-electron chi connectivity index (χ2n) is 5.04. The number of quaternary nitrogens is 1. The fourth-order valence-electron chi connectivity index (χ4n) is 1.98. The number of hydrazone groups is 1. The molecule has 0 bridgehead atoms. The molecule has 0 atom stereocenters. The predicted molar refractivity (Wildman–Crippen MR) is 81.5 cm³/mol. The lowest BCUT2D eigenvalue weighted by molar-refractivity contribution is -0.880. The second kappa shape index (κ2) is 7.19. The van der Waals surface area contributed by atoms with Crippen molar-refractivity contribution in [2.24, 2.45) is 5.10 Å². The molecule has 6 nitrogen and oxygen atoms in total. The number of likely N-dealkylation sites (tertiary alicyclic amines) is 1. The minimum absolute atomic E-state index is 0.509. The quantitative estimate of drug-likeness (QED) is 0.534. The van der Waals surface area contributed by atoms with Crippen LogP contribution in [0, 0.1) is 0 Å². The first-order valence-corrected chi connectivity index (χ1v) is 7.16. The number of piperidine rings is 1. The first kappa shape index (κ1) is 15.5. The maximum atomic E-state index is 11.7. The molecule has 1 aliphatic rings. The lowest BCUT2D eigenvalue weighted by Crippen LogP contribution is -3.10. The first-order chi connectivity index (χ1) is 10.0. The molecule has 21 heavy (non-hydrogen) atoms. The number of hydrogen-bond acceptors (Lipinski definition) is 3. The highest BCUT2D eigenvalue weighted by molar-refractivity contribution is 6.39. The van der Waals surface area contributed by atoms with E-state index in [0.717, 1.165) is 31.6 Å². The van der Waals surface area contributed by atoms with Crippen LogP contribution in [0.25, 0.3) is 0 Å². The predicted octanol–water partition coefficient (Wildman–Crippen LogP) is 0.0592. The fourth-order valence-corrected chi connectivity index (χ4v) is 2.10. The van der Waals surface area contributed by atoms with Gasteiger partial charge in [-0.15, -0.1) is 0 Å². The van der Waals surface area contributed by atoms with E-state index in [4.69, 9.17) is 11.6 Å². The lowest BCUT2D eigenvalue weighted by Gasteiger charge is -2.20. The molecule has 1 fully saturated rings. The topological polar surface area (TPSA) is 75.0 Å². The van der Waals surface area contributed by atoms with E-state index in [1.165, 1.54) is 4.90 Å². The van der Waals surface area contributed by atoms with Crippen LogP contribution in [0.4, 0.5) is 5.69 Å². The standard InChI is InChI=1S/C14H17ClN4O2/c1-19-8-6-12(7-9-19)17-18-14(21)13(20)16-11-4-2-10(15)3-5-11/h2-5H,6-9H2,1H3,(H,16,20)(H,18,21)/p+1. The smallest absolute Gasteiger partial charge is 0.329 e. The molecule has 2 amide bonds. The fraction of sp³-hybridized carbons (Fsp3) is 0.357. The van der Waals surface area contributed by atoms with Crippen LogP contribution in [0.2, 0.25) is 5.02 Å². The molecule has 1 saturated heterocycles. The summed E-state index contributed by atoms with van der Waals surface area (Å²) in [5.41, 5.74) is 3.73. The number of amides is 2. The highest BCUT2D eigenvalue weighted by Gasteiger charge is 2.16. The Morgan fingerprint density at radius 3 is 2.38 bits per heavy atom. The van der Waals surface area contributed by atoms with Crippen molar-refractivity contribution in [3.63, 3.8) is 0 Å². The van der Waals surface area contributed by atoms with Gasteiger partial charge in [0.1, 0.15) is 0 Å². The van der Waals surface area contributed by atoms with Crippen LogP contribution < -0.4 is 15.6 Å². The lowest BCUT2D eigenvalue weighted by atomic mass is 10.1. The zero-order valence-corrected chi connectivity index (χ0v) is 12.5. The Morgan fingerprint density at radius 2 is 1.76 bits per heavy atom. The number of benzene rings is 1. The van der Waals surface area contributed by atoms with Crippen molar-refractivity contribution in [1.82, 2.24) is 5.43 Å². The van der Waals surface area contributed by atoms with Gasteiger partial charge >= 0.3 is 11.8 Å². The number of hydrogen-bond donors (Lipinski definition) is 3. The minimum atomic E-state index is -0.774. The third-order valence-electron chi connectivity index (χ3n) is 3.30. The summed E-state index contributed by atoms with van der Waals surface area (Å²) in [4.78, 5) is 24.8. The Bertz CT molecular complexity index is 547. The summed E-state index contributed by atoms with van der Waals surface area (Å²) in [6.07, 6.45) is 1.68. The Balaban J connectivity index is 1.84. The van der Waals surface area contributed by atoms with Gasteiger partial charge in [-0.3, -0.25) is 9.59 Å². The Hall–Kier alpha value is -1.92. The van der Waals surface area contributed by atoms with E-state index >= 15 is 0 Å². The number of carbonyl (C=O) groups is 2. The van der Waals surface area contributed by atoms with Gasteiger partial charge in [0.25, 0.3) is 0 Å². The Labute approximate surface area is 128 Å². The third-order valence-corrected chi connectivity index (χ3v) is 3.56. The summed E-state index contributed by atoms with van der Waals surface area (Å²) in [7, 11) is 2.12. The molecular formula is C14H18ClN4O2+. The molecule has 3 N–H and O–H groups in total. The van der Waals surface area contributed by atoms with Crippen molar-refractivity contribution in [2.45, 2.75) is 12.8 Å². The summed E-state index contributed by atoms with van der Waals surface area (Å²) in [6.45, 7) is 1.98. The largest absolute Gasteiger partial charge is 0.337 e. The number of halogens is 1. The Kier molecular flexibility index (Phi) is 5.30. The monoisotopic (exact) mass is 309 g/mol. The molecule has 1 aliphatic heterocycles. The SMILES string of the molecule is C[NH+]1CCC(=NNC(=O)C(=O)Nc2ccc(Cl)cc2)CC1. The summed E-state index contributed by atoms with van der Waals surface area (Å²) >= 11 is 5.75. The van der Waals surface area contributed by atoms with Crippen LogP contribution in [0.15, 0.2) is 29.4 Å². The highest BCUT2D eigenvalue weighted by atomic mass is 35.5. The normalized spacial score (nSPS) is 18.0. The summed E-state index contributed by atoms with van der Waals surface area (Å²) in [6, 6.07) is 6.52. The van der Waals surface area contributed by atoms with Gasteiger partial charge in [0.05, 0.1) is 20.1 Å². The number of nitrogens with one attached hydrogen (secondary N) is 3. The van der Waals surface area contributed by atoms with Gasteiger partial charge in [-0.2, -0.15) is 5.10 Å². The molecule has 0 aromatic heterocycles. The van der Waals surface area contributed by atoms with Gasteiger partial charge in [0, 0.05) is 29.3 Å². The molecule has 7 heteroatoms. The van der Waals surface area contributed by atoms with E-state index in [2.05, 4.69) is 22.9 Å². The molecule has 112 valence electrons. The summed E-state index contributed by atoms with van der Waals surface area (Å²) in [5.74, 6) is -1.52. The molecule has 0 aliphatic carbocycles. The summed E-state index contributed by atoms with van der Waals surface area (Å²) in [5, 5.41) is 7.06. The van der Waals surface area contributed by atoms with E-state index in [1.54, 1.807) is 24.3 Å². The van der Waals surface area contributed by atoms with E-state index in [0.29, 0.717) is 10.7 Å². The van der Waals surface area contributed by atoms with Gasteiger partial charge in [-0.1, -0.05) is 11.6 Å². The van der Waals surface area contributed by atoms with Gasteiger partial charge in [0.15, 0.2) is 0 Å². The molecule has 0 unspecified atom stereocenters. The van der Waals surface area contributed by atoms with Crippen molar-refractivity contribution in [3.8, 4) is 0 Å². The summed E-state index contributed by atoms with van der Waals surface area (Å²) < 4.78 is 0. The van der Waals surface area contributed by atoms with E-state index < -0.39 is 11.8 Å². The van der Waals surface area contributed by atoms with Crippen molar-refractivity contribution >= 4 is 34.8 Å². The Morgan fingerprint density at radius 1 is 1.14 bits per heavy atom. The highest BCUT2D eigenvalue weighted by Crippen LogP contribution is 2.13. The maximum Gasteiger partial charge on any atom is 0.329 e. The number of anilines is 1. The second-order valence-corrected chi connectivity index (χ2v) is 5.47. The molecule has 1 aromatic rings. The van der Waals surface area contributed by atoms with Gasteiger partial charge in [0.2, 0.25) is 0 Å². The minimum Gasteiger partial charge on any atom is -0.337 e. The molecule has 0 radical (unpaired) electrons. The first-order valence-electron chi connectivity index (χ1n) is 6.78. The van der Waals surface area contributed by atoms with Gasteiger partial charge in [-0.25, -0.2) is 5.43 Å². The van der Waals surface area contributed by atoms with Crippen LogP contribution in [-0.4, -0.2) is 37.7 Å². The average molecular weight is 310 g/mol. The van der Waals surface area contributed by atoms with Crippen LogP contribution in [0.3, 0.4) is 0 Å². The zero-order valence-electron chi connectivity index (χ0n) is 11.8.